The van der Waals surface area contributed by atoms with Crippen LogP contribution in [0, 0.1) is 0 Å². The van der Waals surface area contributed by atoms with Crippen LogP contribution in [0.15, 0.2) is 28.5 Å². The Hall–Kier alpha value is -0.440. The second-order valence-electron chi connectivity index (χ2n) is 3.89. The van der Waals surface area contributed by atoms with Gasteiger partial charge in [0, 0.05) is 15.1 Å². The number of hydrogen-bond donors (Lipinski definition) is 2. The van der Waals surface area contributed by atoms with Crippen LogP contribution in [-0.2, 0) is 16.6 Å². The van der Waals surface area contributed by atoms with Crippen molar-refractivity contribution in [1.29, 1.82) is 0 Å². The Labute approximate surface area is 124 Å². The van der Waals surface area contributed by atoms with Crippen molar-refractivity contribution in [1.82, 2.24) is 4.72 Å². The quantitative estimate of drug-likeness (QED) is 0.881. The van der Waals surface area contributed by atoms with Crippen LogP contribution in [0.4, 0.5) is 0 Å². The average molecular weight is 338 g/mol. The molecule has 0 aliphatic heterocycles. The summed E-state index contributed by atoms with van der Waals surface area (Å²) in [6.07, 6.45) is 0. The van der Waals surface area contributed by atoms with Crippen molar-refractivity contribution >= 4 is 44.3 Å². The number of rotatable bonds is 5. The Bertz CT molecular complexity index is 662. The summed E-state index contributed by atoms with van der Waals surface area (Å²) in [6, 6.07) is 4.66. The Morgan fingerprint density at radius 1 is 1.47 bits per heavy atom. The van der Waals surface area contributed by atoms with Crippen LogP contribution in [0.1, 0.15) is 22.7 Å². The number of sulfonamides is 1. The lowest BCUT2D eigenvalue weighted by atomic mass is 10.3. The van der Waals surface area contributed by atoms with E-state index >= 15 is 0 Å². The molecule has 0 aliphatic rings. The summed E-state index contributed by atoms with van der Waals surface area (Å²) in [4.78, 5) is 1.65. The number of aliphatic hydroxyl groups is 1. The van der Waals surface area contributed by atoms with Crippen LogP contribution in [0.5, 0.6) is 0 Å². The first-order chi connectivity index (χ1) is 8.92. The maximum Gasteiger partial charge on any atom is 0.241 e. The predicted molar refractivity (Wildman–Crippen MR) is 78.3 cm³/mol. The summed E-state index contributed by atoms with van der Waals surface area (Å²) >= 11 is 8.39. The third-order valence-corrected chi connectivity index (χ3v) is 6.45. The smallest absolute Gasteiger partial charge is 0.241 e. The molecular weight excluding hydrogens is 326 g/mol. The Morgan fingerprint density at radius 2 is 2.21 bits per heavy atom. The molecule has 0 fully saturated rings. The van der Waals surface area contributed by atoms with Crippen molar-refractivity contribution in [3.05, 3.63) is 37.7 Å². The maximum atomic E-state index is 12.1. The normalized spacial score (nSPS) is 13.6. The molecule has 0 saturated heterocycles. The second kappa shape index (κ2) is 5.90. The minimum Gasteiger partial charge on any atom is -0.391 e. The summed E-state index contributed by atoms with van der Waals surface area (Å²) in [5.41, 5.74) is 0. The van der Waals surface area contributed by atoms with Gasteiger partial charge in [0.1, 0.15) is 0 Å². The molecule has 104 valence electrons. The van der Waals surface area contributed by atoms with E-state index in [1.54, 1.807) is 19.1 Å². The van der Waals surface area contributed by atoms with Gasteiger partial charge in [0.15, 0.2) is 0 Å². The monoisotopic (exact) mass is 337 g/mol. The molecule has 0 bridgehead atoms. The minimum atomic E-state index is -3.57. The van der Waals surface area contributed by atoms with Gasteiger partial charge in [0.25, 0.3) is 0 Å². The van der Waals surface area contributed by atoms with Gasteiger partial charge in [-0.3, -0.25) is 0 Å². The van der Waals surface area contributed by atoms with E-state index < -0.39 is 10.0 Å². The zero-order valence-electron chi connectivity index (χ0n) is 9.96. The number of hydrogen-bond acceptors (Lipinski definition) is 5. The molecule has 0 aromatic carbocycles. The highest BCUT2D eigenvalue weighted by atomic mass is 35.5. The van der Waals surface area contributed by atoms with Crippen LogP contribution < -0.4 is 4.72 Å². The highest BCUT2D eigenvalue weighted by molar-refractivity contribution is 7.89. The minimum absolute atomic E-state index is 0.156. The fourth-order valence-electron chi connectivity index (χ4n) is 1.50. The molecule has 2 aromatic heterocycles. The van der Waals surface area contributed by atoms with Crippen molar-refractivity contribution in [2.24, 2.45) is 0 Å². The van der Waals surface area contributed by atoms with E-state index in [1.807, 2.05) is 0 Å². The Morgan fingerprint density at radius 3 is 2.74 bits per heavy atom. The van der Waals surface area contributed by atoms with Crippen molar-refractivity contribution < 1.29 is 13.5 Å². The fraction of sp³-hybridized carbons (Fsp3) is 0.273. The van der Waals surface area contributed by atoms with Gasteiger partial charge in [-0.15, -0.1) is 22.7 Å². The first kappa shape index (κ1) is 15.0. The molecule has 0 aliphatic carbocycles. The number of aliphatic hydroxyl groups excluding tert-OH is 1. The molecule has 19 heavy (non-hydrogen) atoms. The Balaban J connectivity index is 2.17. The van der Waals surface area contributed by atoms with E-state index in [0.29, 0.717) is 9.21 Å². The van der Waals surface area contributed by atoms with Gasteiger partial charge in [-0.2, -0.15) is 0 Å². The van der Waals surface area contributed by atoms with Crippen molar-refractivity contribution in [3.8, 4) is 0 Å². The lowest BCUT2D eigenvalue weighted by Gasteiger charge is -2.11. The Kier molecular flexibility index (Phi) is 4.65. The molecule has 0 amide bonds. The van der Waals surface area contributed by atoms with E-state index in [-0.39, 0.29) is 17.5 Å². The van der Waals surface area contributed by atoms with E-state index in [4.69, 9.17) is 16.7 Å². The molecule has 1 unspecified atom stereocenters. The molecule has 0 radical (unpaired) electrons. The van der Waals surface area contributed by atoms with E-state index in [9.17, 15) is 8.42 Å². The zero-order valence-corrected chi connectivity index (χ0v) is 13.2. The summed E-state index contributed by atoms with van der Waals surface area (Å²) in [5.74, 6) is 0. The van der Waals surface area contributed by atoms with E-state index in [1.165, 1.54) is 34.1 Å². The molecule has 2 heterocycles. The SMILES string of the molecule is CC(NS(=O)(=O)c1csc(CO)c1)c1ccc(Cl)s1. The first-order valence-corrected chi connectivity index (χ1v) is 8.94. The highest BCUT2D eigenvalue weighted by Crippen LogP contribution is 2.28. The van der Waals surface area contributed by atoms with Gasteiger partial charge in [0.2, 0.25) is 10.0 Å². The van der Waals surface area contributed by atoms with Crippen LogP contribution in [0.2, 0.25) is 4.34 Å². The predicted octanol–water partition coefficient (Wildman–Crippen LogP) is 2.99. The molecule has 2 rings (SSSR count). The standard InChI is InChI=1S/C11H12ClNO3S3/c1-7(10-2-3-11(12)18-10)13-19(15,16)9-4-8(5-14)17-6-9/h2-4,6-7,13-14H,5H2,1H3. The molecule has 0 spiro atoms. The van der Waals surface area contributed by atoms with Crippen molar-refractivity contribution in [3.63, 3.8) is 0 Å². The lowest BCUT2D eigenvalue weighted by Crippen LogP contribution is -2.26. The average Bonchev–Trinajstić information content (AvgIpc) is 2.96. The molecular formula is C11H12ClNO3S3. The molecule has 0 saturated carbocycles. The summed E-state index contributed by atoms with van der Waals surface area (Å²) in [7, 11) is -3.57. The largest absolute Gasteiger partial charge is 0.391 e. The fourth-order valence-corrected chi connectivity index (χ4v) is 5.00. The van der Waals surface area contributed by atoms with Gasteiger partial charge in [-0.1, -0.05) is 11.6 Å². The molecule has 2 aromatic rings. The molecule has 4 nitrogen and oxygen atoms in total. The third kappa shape index (κ3) is 3.56. The summed E-state index contributed by atoms with van der Waals surface area (Å²) in [6.45, 7) is 1.61. The highest BCUT2D eigenvalue weighted by Gasteiger charge is 2.20. The van der Waals surface area contributed by atoms with E-state index in [0.717, 1.165) is 4.88 Å². The maximum absolute atomic E-state index is 12.1. The van der Waals surface area contributed by atoms with Gasteiger partial charge in [-0.05, 0) is 25.1 Å². The zero-order chi connectivity index (χ0) is 14.0. The van der Waals surface area contributed by atoms with Crippen molar-refractivity contribution in [2.45, 2.75) is 24.5 Å². The van der Waals surface area contributed by atoms with E-state index in [2.05, 4.69) is 4.72 Å². The number of thiophene rings is 2. The van der Waals surface area contributed by atoms with Gasteiger partial charge in [0.05, 0.1) is 21.9 Å². The number of halogens is 1. The van der Waals surface area contributed by atoms with Gasteiger partial charge < -0.3 is 5.11 Å². The lowest BCUT2D eigenvalue weighted by molar-refractivity contribution is 0.285. The number of nitrogens with one attached hydrogen (secondary N) is 1. The van der Waals surface area contributed by atoms with Crippen LogP contribution in [0.25, 0.3) is 0 Å². The van der Waals surface area contributed by atoms with Gasteiger partial charge in [-0.25, -0.2) is 13.1 Å². The van der Waals surface area contributed by atoms with Crippen molar-refractivity contribution in [2.75, 3.05) is 0 Å². The summed E-state index contributed by atoms with van der Waals surface area (Å²) < 4.78 is 27.5. The second-order valence-corrected chi connectivity index (χ2v) is 8.35. The van der Waals surface area contributed by atoms with Crippen LogP contribution >= 0.6 is 34.3 Å². The van der Waals surface area contributed by atoms with Crippen LogP contribution in [0.3, 0.4) is 0 Å². The molecule has 1 atom stereocenters. The molecule has 2 N–H and O–H groups in total. The summed E-state index contributed by atoms with van der Waals surface area (Å²) in [5, 5.41) is 10.5. The topological polar surface area (TPSA) is 66.4 Å². The van der Waals surface area contributed by atoms with Crippen LogP contribution in [-0.4, -0.2) is 13.5 Å². The van der Waals surface area contributed by atoms with Gasteiger partial charge >= 0.3 is 0 Å². The molecule has 8 heteroatoms. The first-order valence-electron chi connectivity index (χ1n) is 5.38. The third-order valence-electron chi connectivity index (χ3n) is 2.45.